The van der Waals surface area contributed by atoms with Crippen LogP contribution in [0.1, 0.15) is 56.2 Å². The van der Waals surface area contributed by atoms with Crippen molar-refractivity contribution in [1.82, 2.24) is 19.9 Å². The number of hydrogen-bond donors (Lipinski definition) is 1. The number of rotatable bonds is 5. The Labute approximate surface area is 224 Å². The largest absolute Gasteiger partial charge is 0.487 e. The number of pyridine rings is 2. The molecular weight excluding hydrogens is 503 g/mol. The molecule has 2 aliphatic rings. The van der Waals surface area contributed by atoms with Crippen LogP contribution in [0.25, 0.3) is 33.1 Å². The van der Waals surface area contributed by atoms with Gasteiger partial charge in [0.25, 0.3) is 0 Å². The van der Waals surface area contributed by atoms with Crippen LogP contribution in [-0.4, -0.2) is 45.2 Å². The molecule has 2 fully saturated rings. The molecule has 0 radical (unpaired) electrons. The molecule has 9 heteroatoms. The molecule has 1 N–H and O–H groups in total. The maximum absolute atomic E-state index is 13.0. The third kappa shape index (κ3) is 5.30. The Bertz CT molecular complexity index is 1510. The van der Waals surface area contributed by atoms with Crippen LogP contribution in [0.15, 0.2) is 42.7 Å². The number of hydrogen-bond acceptors (Lipinski definition) is 5. The molecule has 0 bridgehead atoms. The molecule has 3 aromatic heterocycles. The molecule has 1 aromatic carbocycles. The molecule has 6 nitrogen and oxygen atoms in total. The van der Waals surface area contributed by atoms with Crippen LogP contribution in [0.5, 0.6) is 5.75 Å². The average molecular weight is 534 g/mol. The van der Waals surface area contributed by atoms with E-state index < -0.39 is 12.1 Å². The minimum Gasteiger partial charge on any atom is -0.487 e. The van der Waals surface area contributed by atoms with Crippen LogP contribution in [0.3, 0.4) is 0 Å². The summed E-state index contributed by atoms with van der Waals surface area (Å²) < 4.78 is 45.4. The van der Waals surface area contributed by atoms with Crippen molar-refractivity contribution in [2.75, 3.05) is 13.1 Å². The number of aromatic amines is 1. The number of aromatic nitrogens is 3. The molecule has 0 spiro atoms. The van der Waals surface area contributed by atoms with Gasteiger partial charge in [0.1, 0.15) is 11.7 Å². The first-order chi connectivity index (χ1) is 18.9. The predicted octanol–water partition coefficient (Wildman–Crippen LogP) is 7.14. The summed E-state index contributed by atoms with van der Waals surface area (Å²) in [6.07, 6.45) is 5.18. The third-order valence-electron chi connectivity index (χ3n) is 8.13. The molecule has 1 aliphatic heterocycles. The molecule has 1 saturated heterocycles. The molecule has 4 aromatic rings. The van der Waals surface area contributed by atoms with Gasteiger partial charge in [-0.05, 0) is 68.8 Å². The van der Waals surface area contributed by atoms with Crippen LogP contribution in [0, 0.1) is 17.2 Å². The van der Waals surface area contributed by atoms with Crippen molar-refractivity contribution in [1.29, 1.82) is 5.26 Å². The summed E-state index contributed by atoms with van der Waals surface area (Å²) in [6.45, 7) is 1.55. The maximum atomic E-state index is 13.0. The summed E-state index contributed by atoms with van der Waals surface area (Å²) in [5, 5.41) is 11.5. The van der Waals surface area contributed by atoms with Gasteiger partial charge in [-0.2, -0.15) is 18.4 Å². The van der Waals surface area contributed by atoms with Crippen molar-refractivity contribution in [2.24, 2.45) is 5.92 Å². The lowest BCUT2D eigenvalue weighted by molar-refractivity contribution is -0.185. The van der Waals surface area contributed by atoms with Gasteiger partial charge in [0.15, 0.2) is 11.4 Å². The number of piperidine rings is 1. The zero-order valence-electron chi connectivity index (χ0n) is 21.6. The minimum absolute atomic E-state index is 0.0751. The minimum atomic E-state index is -4.09. The fourth-order valence-corrected chi connectivity index (χ4v) is 5.92. The lowest BCUT2D eigenvalue weighted by Gasteiger charge is -2.32. The molecule has 0 unspecified atom stereocenters. The highest BCUT2D eigenvalue weighted by molar-refractivity contribution is 6.10. The molecule has 202 valence electrons. The van der Waals surface area contributed by atoms with E-state index in [0.29, 0.717) is 31.0 Å². The number of halogens is 3. The van der Waals surface area contributed by atoms with Crippen LogP contribution in [0.4, 0.5) is 13.2 Å². The van der Waals surface area contributed by atoms with Crippen LogP contribution >= 0.6 is 0 Å². The number of nitrogens with one attached hydrogen (secondary N) is 1. The Morgan fingerprint density at radius 3 is 2.41 bits per heavy atom. The number of ether oxygens (including phenoxy) is 1. The lowest BCUT2D eigenvalue weighted by atomic mass is 9.96. The summed E-state index contributed by atoms with van der Waals surface area (Å²) in [7, 11) is 0. The highest BCUT2D eigenvalue weighted by Crippen LogP contribution is 2.38. The van der Waals surface area contributed by atoms with E-state index >= 15 is 0 Å². The van der Waals surface area contributed by atoms with Gasteiger partial charge >= 0.3 is 6.18 Å². The number of fused-ring (bicyclic) bond motifs is 3. The molecule has 6 rings (SSSR count). The Balaban J connectivity index is 1.25. The molecule has 4 heterocycles. The van der Waals surface area contributed by atoms with Crippen molar-refractivity contribution in [3.05, 3.63) is 54.0 Å². The zero-order valence-corrected chi connectivity index (χ0v) is 21.6. The van der Waals surface area contributed by atoms with Gasteiger partial charge in [-0.15, -0.1) is 0 Å². The summed E-state index contributed by atoms with van der Waals surface area (Å²) in [4.78, 5) is 14.4. The van der Waals surface area contributed by atoms with Crippen LogP contribution in [-0.2, 0) is 6.54 Å². The van der Waals surface area contributed by atoms with E-state index in [1.807, 2.05) is 30.5 Å². The van der Waals surface area contributed by atoms with Crippen molar-refractivity contribution in [3.63, 3.8) is 0 Å². The monoisotopic (exact) mass is 533 g/mol. The van der Waals surface area contributed by atoms with E-state index in [0.717, 1.165) is 58.7 Å². The molecular formula is C30H30F3N5O. The standard InChI is InChI=1S/C30H30F3N5O/c31-30(32,33)22-10-12-38(13-11-22)18-19-6-8-20(9-7-19)21-14-24-27-26(37-29(24)36-16-21)17-35-25(15-34)28(27)39-23-4-2-1-3-5-23/h6-9,14,16-17,22-23H,1-5,10-13,18H2,(H,36,37). The Hall–Kier alpha value is -3.64. The second kappa shape index (κ2) is 10.5. The fraction of sp³-hybridized carbons (Fsp3) is 0.433. The van der Waals surface area contributed by atoms with E-state index in [4.69, 9.17) is 4.74 Å². The summed E-state index contributed by atoms with van der Waals surface area (Å²) in [5.74, 6) is -0.659. The van der Waals surface area contributed by atoms with E-state index in [-0.39, 0.29) is 24.6 Å². The van der Waals surface area contributed by atoms with E-state index in [2.05, 4.69) is 32.0 Å². The normalized spacial score (nSPS) is 18.0. The first-order valence-corrected chi connectivity index (χ1v) is 13.6. The predicted molar refractivity (Wildman–Crippen MR) is 143 cm³/mol. The van der Waals surface area contributed by atoms with Gasteiger partial charge in [0, 0.05) is 23.7 Å². The second-order valence-corrected chi connectivity index (χ2v) is 10.7. The van der Waals surface area contributed by atoms with Crippen molar-refractivity contribution < 1.29 is 17.9 Å². The molecule has 0 atom stereocenters. The fourth-order valence-electron chi connectivity index (χ4n) is 5.92. The van der Waals surface area contributed by atoms with Crippen LogP contribution in [0.2, 0.25) is 0 Å². The highest BCUT2D eigenvalue weighted by Gasteiger charge is 2.40. The number of alkyl halides is 3. The molecule has 39 heavy (non-hydrogen) atoms. The van der Waals surface area contributed by atoms with E-state index in [1.54, 1.807) is 6.20 Å². The smallest absolute Gasteiger partial charge is 0.391 e. The van der Waals surface area contributed by atoms with Gasteiger partial charge in [-0.3, -0.25) is 4.90 Å². The van der Waals surface area contributed by atoms with Crippen molar-refractivity contribution in [2.45, 2.75) is 63.8 Å². The van der Waals surface area contributed by atoms with Crippen molar-refractivity contribution in [3.8, 4) is 22.9 Å². The maximum Gasteiger partial charge on any atom is 0.391 e. The van der Waals surface area contributed by atoms with Gasteiger partial charge in [-0.25, -0.2) is 9.97 Å². The molecule has 1 aliphatic carbocycles. The topological polar surface area (TPSA) is 77.8 Å². The Morgan fingerprint density at radius 1 is 0.974 bits per heavy atom. The van der Waals surface area contributed by atoms with E-state index in [1.165, 1.54) is 6.42 Å². The van der Waals surface area contributed by atoms with Gasteiger partial charge < -0.3 is 9.72 Å². The number of H-pyrrole nitrogens is 1. The molecule has 1 saturated carbocycles. The Morgan fingerprint density at radius 2 is 1.72 bits per heavy atom. The number of nitriles is 1. The van der Waals surface area contributed by atoms with Gasteiger partial charge in [0.05, 0.1) is 29.1 Å². The summed E-state index contributed by atoms with van der Waals surface area (Å²) in [6, 6.07) is 12.4. The van der Waals surface area contributed by atoms with E-state index in [9.17, 15) is 18.4 Å². The second-order valence-electron chi connectivity index (χ2n) is 10.7. The number of benzene rings is 1. The van der Waals surface area contributed by atoms with Crippen LogP contribution < -0.4 is 4.74 Å². The quantitative estimate of drug-likeness (QED) is 0.295. The average Bonchev–Trinajstić information content (AvgIpc) is 3.32. The van der Waals surface area contributed by atoms with Crippen molar-refractivity contribution >= 4 is 21.9 Å². The first-order valence-electron chi connectivity index (χ1n) is 13.6. The third-order valence-corrected chi connectivity index (χ3v) is 8.13. The molecule has 0 amide bonds. The Kier molecular flexibility index (Phi) is 6.90. The first kappa shape index (κ1) is 25.6. The SMILES string of the molecule is N#Cc1ncc2[nH]c3ncc(-c4ccc(CN5CCC(C(F)(F)F)CC5)cc4)cc3c2c1OC1CCCCC1. The number of nitrogens with zero attached hydrogens (tertiary/aromatic N) is 4. The highest BCUT2D eigenvalue weighted by atomic mass is 19.4. The zero-order chi connectivity index (χ0) is 27.0. The lowest BCUT2D eigenvalue weighted by Crippen LogP contribution is -2.38. The van der Waals surface area contributed by atoms with Gasteiger partial charge in [-0.1, -0.05) is 30.7 Å². The summed E-state index contributed by atoms with van der Waals surface area (Å²) in [5.41, 5.74) is 4.76. The number of likely N-dealkylation sites (tertiary alicyclic amines) is 1. The summed E-state index contributed by atoms with van der Waals surface area (Å²) >= 11 is 0. The van der Waals surface area contributed by atoms with Gasteiger partial charge in [0.2, 0.25) is 0 Å².